The minimum Gasteiger partial charge on any atom is -0.384 e. The Bertz CT molecular complexity index is 154. The zero-order valence-corrected chi connectivity index (χ0v) is 7.14. The van der Waals surface area contributed by atoms with Crippen LogP contribution < -0.4 is 5.32 Å². The lowest BCUT2D eigenvalue weighted by Gasteiger charge is -2.31. The van der Waals surface area contributed by atoms with Gasteiger partial charge in [0.25, 0.3) is 0 Å². The molecule has 1 heterocycles. The minimum absolute atomic E-state index is 0.130. The van der Waals surface area contributed by atoms with Crippen LogP contribution in [0.5, 0.6) is 0 Å². The molecule has 0 aromatic heterocycles. The Kier molecular flexibility index (Phi) is 2.49. The number of methoxy groups -OCH3 is 1. The fourth-order valence-electron chi connectivity index (χ4n) is 1.46. The molecule has 1 unspecified atom stereocenters. The molecule has 0 saturated carbocycles. The van der Waals surface area contributed by atoms with Gasteiger partial charge < -0.3 is 10.1 Å². The molecule has 0 spiro atoms. The molecule has 3 nitrogen and oxygen atoms in total. The number of hydrogen-bond donors (Lipinski definition) is 1. The van der Waals surface area contributed by atoms with Crippen LogP contribution in [0.2, 0.25) is 0 Å². The van der Waals surface area contributed by atoms with Crippen LogP contribution in [0.15, 0.2) is 0 Å². The minimum atomic E-state index is -0.285. The van der Waals surface area contributed by atoms with Crippen molar-refractivity contribution in [1.82, 2.24) is 5.32 Å². The number of carbonyl (C=O) groups excluding carboxylic acids is 1. The summed E-state index contributed by atoms with van der Waals surface area (Å²) in [4.78, 5) is 11.3. The van der Waals surface area contributed by atoms with Crippen LogP contribution in [0.4, 0.5) is 0 Å². The molecule has 0 aromatic rings. The summed E-state index contributed by atoms with van der Waals surface area (Å²) in [6, 6.07) is 0. The van der Waals surface area contributed by atoms with Gasteiger partial charge in [0.05, 0.1) is 12.0 Å². The number of hydrogen-bond acceptors (Lipinski definition) is 2. The van der Waals surface area contributed by atoms with E-state index in [9.17, 15) is 4.79 Å². The van der Waals surface area contributed by atoms with Crippen LogP contribution in [0.1, 0.15) is 19.8 Å². The Labute approximate surface area is 67.1 Å². The van der Waals surface area contributed by atoms with Crippen molar-refractivity contribution >= 4 is 5.91 Å². The van der Waals surface area contributed by atoms with Crippen LogP contribution in [-0.2, 0) is 9.53 Å². The van der Waals surface area contributed by atoms with Crippen molar-refractivity contribution < 1.29 is 9.53 Å². The third kappa shape index (κ3) is 1.71. The summed E-state index contributed by atoms with van der Waals surface area (Å²) in [5.74, 6) is 0.130. The van der Waals surface area contributed by atoms with Crippen molar-refractivity contribution in [2.45, 2.75) is 19.8 Å². The zero-order chi connectivity index (χ0) is 8.32. The molecule has 1 aliphatic heterocycles. The van der Waals surface area contributed by atoms with Crippen LogP contribution in [0, 0.1) is 5.41 Å². The Morgan fingerprint density at radius 1 is 1.73 bits per heavy atom. The van der Waals surface area contributed by atoms with Gasteiger partial charge in [-0.05, 0) is 19.8 Å². The van der Waals surface area contributed by atoms with Crippen LogP contribution in [-0.4, -0.2) is 26.2 Å². The quantitative estimate of drug-likeness (QED) is 0.635. The molecule has 1 aliphatic rings. The maximum Gasteiger partial charge on any atom is 0.228 e. The molecule has 0 radical (unpaired) electrons. The molecule has 3 heteroatoms. The zero-order valence-electron chi connectivity index (χ0n) is 7.14. The Hall–Kier alpha value is -0.570. The predicted molar refractivity (Wildman–Crippen MR) is 42.2 cm³/mol. The van der Waals surface area contributed by atoms with Crippen molar-refractivity contribution in [1.29, 1.82) is 0 Å². The highest BCUT2D eigenvalue weighted by molar-refractivity contribution is 5.83. The van der Waals surface area contributed by atoms with Gasteiger partial charge in [0.15, 0.2) is 0 Å². The van der Waals surface area contributed by atoms with Crippen molar-refractivity contribution in [3.05, 3.63) is 0 Å². The fraction of sp³-hybridized carbons (Fsp3) is 0.875. The molecule has 0 bridgehead atoms. The van der Waals surface area contributed by atoms with E-state index in [4.69, 9.17) is 4.74 Å². The lowest BCUT2D eigenvalue weighted by Crippen LogP contribution is -2.46. The maximum absolute atomic E-state index is 11.3. The standard InChI is InChI=1S/C8H15NO2/c1-8(6-11-2)4-3-5-9-7(8)10/h3-6H2,1-2H3,(H,9,10). The number of nitrogens with one attached hydrogen (secondary N) is 1. The van der Waals surface area contributed by atoms with Crippen LogP contribution >= 0.6 is 0 Å². The van der Waals surface area contributed by atoms with E-state index in [1.165, 1.54) is 0 Å². The largest absolute Gasteiger partial charge is 0.384 e. The number of carbonyl (C=O) groups is 1. The van der Waals surface area contributed by atoms with E-state index in [1.807, 2.05) is 6.92 Å². The highest BCUT2D eigenvalue weighted by Crippen LogP contribution is 2.26. The summed E-state index contributed by atoms with van der Waals surface area (Å²) < 4.78 is 4.99. The number of piperidine rings is 1. The SMILES string of the molecule is COCC1(C)CCCNC1=O. The van der Waals surface area contributed by atoms with Gasteiger partial charge in [0.1, 0.15) is 0 Å². The lowest BCUT2D eigenvalue weighted by molar-refractivity contribution is -0.135. The van der Waals surface area contributed by atoms with Gasteiger partial charge in [0.2, 0.25) is 5.91 Å². The van der Waals surface area contributed by atoms with Gasteiger partial charge in [-0.25, -0.2) is 0 Å². The number of rotatable bonds is 2. The summed E-state index contributed by atoms with van der Waals surface area (Å²) in [6.45, 7) is 3.29. The van der Waals surface area contributed by atoms with Crippen LogP contribution in [0.3, 0.4) is 0 Å². The van der Waals surface area contributed by atoms with E-state index in [-0.39, 0.29) is 11.3 Å². The molecule has 64 valence electrons. The number of ether oxygens (including phenoxy) is 1. The Morgan fingerprint density at radius 3 is 3.00 bits per heavy atom. The normalized spacial score (nSPS) is 31.6. The molecule has 1 atom stereocenters. The number of amides is 1. The van der Waals surface area contributed by atoms with Gasteiger partial charge in [-0.3, -0.25) is 4.79 Å². The first-order chi connectivity index (χ1) is 5.19. The third-order valence-electron chi connectivity index (χ3n) is 2.20. The van der Waals surface area contributed by atoms with E-state index in [0.717, 1.165) is 19.4 Å². The van der Waals surface area contributed by atoms with Crippen LogP contribution in [0.25, 0.3) is 0 Å². The monoisotopic (exact) mass is 157 g/mol. The van der Waals surface area contributed by atoms with Crippen molar-refractivity contribution in [3.63, 3.8) is 0 Å². The second kappa shape index (κ2) is 3.22. The molecule has 1 N–H and O–H groups in total. The summed E-state index contributed by atoms with van der Waals surface area (Å²) >= 11 is 0. The van der Waals surface area contributed by atoms with Gasteiger partial charge >= 0.3 is 0 Å². The van der Waals surface area contributed by atoms with Gasteiger partial charge in [0, 0.05) is 13.7 Å². The molecule has 1 amide bonds. The van der Waals surface area contributed by atoms with Crippen molar-refractivity contribution in [2.75, 3.05) is 20.3 Å². The molecule has 1 saturated heterocycles. The second-order valence-corrected chi connectivity index (χ2v) is 3.35. The fourth-order valence-corrected chi connectivity index (χ4v) is 1.46. The lowest BCUT2D eigenvalue weighted by atomic mass is 9.83. The van der Waals surface area contributed by atoms with E-state index < -0.39 is 0 Å². The first kappa shape index (κ1) is 8.53. The molecule has 11 heavy (non-hydrogen) atoms. The smallest absolute Gasteiger partial charge is 0.228 e. The van der Waals surface area contributed by atoms with Gasteiger partial charge in [-0.2, -0.15) is 0 Å². The molecule has 1 fully saturated rings. The van der Waals surface area contributed by atoms with Gasteiger partial charge in [-0.1, -0.05) is 0 Å². The van der Waals surface area contributed by atoms with E-state index >= 15 is 0 Å². The average molecular weight is 157 g/mol. The summed E-state index contributed by atoms with van der Waals surface area (Å²) in [5.41, 5.74) is -0.285. The molecular formula is C8H15NO2. The van der Waals surface area contributed by atoms with Crippen molar-refractivity contribution in [2.24, 2.45) is 5.41 Å². The second-order valence-electron chi connectivity index (χ2n) is 3.35. The average Bonchev–Trinajstić information content (AvgIpc) is 1.96. The topological polar surface area (TPSA) is 38.3 Å². The third-order valence-corrected chi connectivity index (χ3v) is 2.20. The van der Waals surface area contributed by atoms with E-state index in [2.05, 4.69) is 5.32 Å². The predicted octanol–water partition coefficient (Wildman–Crippen LogP) is 0.549. The Morgan fingerprint density at radius 2 is 2.45 bits per heavy atom. The highest BCUT2D eigenvalue weighted by atomic mass is 16.5. The summed E-state index contributed by atoms with van der Waals surface area (Å²) in [7, 11) is 1.63. The summed E-state index contributed by atoms with van der Waals surface area (Å²) in [5, 5.41) is 2.84. The van der Waals surface area contributed by atoms with Gasteiger partial charge in [-0.15, -0.1) is 0 Å². The molecule has 1 rings (SSSR count). The molecular weight excluding hydrogens is 142 g/mol. The first-order valence-electron chi connectivity index (χ1n) is 3.96. The Balaban J connectivity index is 2.57. The highest BCUT2D eigenvalue weighted by Gasteiger charge is 2.35. The van der Waals surface area contributed by atoms with Crippen molar-refractivity contribution in [3.8, 4) is 0 Å². The van der Waals surface area contributed by atoms with E-state index in [0.29, 0.717) is 6.61 Å². The molecule has 0 aliphatic carbocycles. The maximum atomic E-state index is 11.3. The first-order valence-corrected chi connectivity index (χ1v) is 3.96. The van der Waals surface area contributed by atoms with E-state index in [1.54, 1.807) is 7.11 Å². The molecule has 0 aromatic carbocycles. The summed E-state index contributed by atoms with van der Waals surface area (Å²) in [6.07, 6.45) is 2.00.